The first-order chi connectivity index (χ1) is 46.0. The molecule has 0 saturated heterocycles. The third kappa shape index (κ3) is 17.2. The van der Waals surface area contributed by atoms with E-state index in [0.717, 1.165) is 45.3 Å². The van der Waals surface area contributed by atoms with Gasteiger partial charge in [0.2, 0.25) is 0 Å². The molecule has 0 atom stereocenters. The average Bonchev–Trinajstić information content (AvgIpc) is 0.786. The highest BCUT2D eigenvalue weighted by Crippen LogP contribution is 2.44. The van der Waals surface area contributed by atoms with E-state index in [1.165, 1.54) is 0 Å². The molecule has 0 bridgehead atoms. The van der Waals surface area contributed by atoms with Gasteiger partial charge in [0.15, 0.2) is 0 Å². The van der Waals surface area contributed by atoms with Crippen LogP contribution in [0.2, 0.25) is 0 Å². The number of esters is 2. The van der Waals surface area contributed by atoms with Crippen LogP contribution in [0.3, 0.4) is 0 Å². The van der Waals surface area contributed by atoms with Gasteiger partial charge < -0.3 is 37.9 Å². The number of hydrogen-bond acceptors (Lipinski definition) is 11. The van der Waals surface area contributed by atoms with E-state index < -0.39 is 18.1 Å². The van der Waals surface area contributed by atoms with Gasteiger partial charge in [0.25, 0.3) is 0 Å². The fraction of sp³-hybridized carbons (Fsp3) is 0.145. The first-order valence-electron chi connectivity index (χ1n) is 31.0. The van der Waals surface area contributed by atoms with Crippen LogP contribution in [-0.4, -0.2) is 57.7 Å². The summed E-state index contributed by atoms with van der Waals surface area (Å²) in [4.78, 5) is 43.3. The molecule has 0 saturated carbocycles. The number of carbonyl (C=O) groups is 3. The van der Waals surface area contributed by atoms with E-state index in [4.69, 9.17) is 37.9 Å². The Morgan fingerprint density at radius 3 is 0.638 bits per heavy atom. The normalized spacial score (nSPS) is 10.3. The Morgan fingerprint density at radius 1 is 0.266 bits per heavy atom. The number of rotatable bonds is 18. The highest BCUT2D eigenvalue weighted by Gasteiger charge is 2.27. The molecule has 94 heavy (non-hydrogen) atoms. The SMILES string of the molecule is CCOC(=O)c1cc(-c2ccc(C#Cc3ccc(OCC)cc3)cc2)c(OC(=O)Oc2c(-c3ccc(C#Cc4ccc(OCC)cc4)cc3)cc(C(=O)OCC)cc2-c2ccc(C#Cc3ccc(OCC)cc3)cc2)c(-c2ccc(C#Cc3ccc(OCC)cc3)cc2)c1. The van der Waals surface area contributed by atoms with Gasteiger partial charge in [-0.1, -0.05) is 95.9 Å². The topological polar surface area (TPSA) is 125 Å². The lowest BCUT2D eigenvalue weighted by Crippen LogP contribution is -2.17. The van der Waals surface area contributed by atoms with E-state index in [-0.39, 0.29) is 35.8 Å². The minimum Gasteiger partial charge on any atom is -0.494 e. The molecule has 0 amide bonds. The summed E-state index contributed by atoms with van der Waals surface area (Å²) < 4.78 is 46.9. The van der Waals surface area contributed by atoms with Gasteiger partial charge in [-0.2, -0.15) is 0 Å². The predicted molar refractivity (Wildman–Crippen MR) is 368 cm³/mol. The van der Waals surface area contributed by atoms with E-state index in [1.807, 2.05) is 222 Å². The predicted octanol–water partition coefficient (Wildman–Crippen LogP) is 17.5. The summed E-state index contributed by atoms with van der Waals surface area (Å²) >= 11 is 0. The summed E-state index contributed by atoms with van der Waals surface area (Å²) in [5, 5.41) is 0. The van der Waals surface area contributed by atoms with E-state index in [2.05, 4.69) is 47.4 Å². The van der Waals surface area contributed by atoms with Crippen LogP contribution < -0.4 is 28.4 Å². The van der Waals surface area contributed by atoms with Crippen LogP contribution in [0.15, 0.2) is 218 Å². The van der Waals surface area contributed by atoms with Crippen LogP contribution in [0.5, 0.6) is 34.5 Å². The van der Waals surface area contributed by atoms with Gasteiger partial charge in [-0.05, 0) is 234 Å². The number of carbonyl (C=O) groups excluding carboxylic acids is 3. The van der Waals surface area contributed by atoms with Gasteiger partial charge in [-0.3, -0.25) is 0 Å². The monoisotopic (exact) mass is 1240 g/mol. The second-order valence-electron chi connectivity index (χ2n) is 20.8. The molecule has 11 nitrogen and oxygen atoms in total. The Balaban J connectivity index is 1.09. The standard InChI is InChI=1S/C83H66O11/c1-7-87-71-45-29-61(30-46-71)17-13-57-21-37-65(38-22-57)75-53-69(81(84)91-11-5)54-76(66-39-23-58(24-40-66)14-18-62-31-47-72(48-32-62)88-8-2)79(75)93-83(86)94-80-77(67-41-25-59(26-42-67)15-19-63-33-49-73(50-34-63)89-9-3)55-70(82(85)92-12-6)56-78(80)68-43-27-60(28-44-68)16-20-64-35-51-74(52-36-64)90-10-4/h21-56H,7-12H2,1-6H3. The quantitative estimate of drug-likeness (QED) is 0.0463. The summed E-state index contributed by atoms with van der Waals surface area (Å²) in [6.07, 6.45) is -1.14. The number of hydrogen-bond donors (Lipinski definition) is 0. The van der Waals surface area contributed by atoms with Crippen molar-refractivity contribution in [2.24, 2.45) is 0 Å². The molecule has 0 N–H and O–H groups in total. The Bertz CT molecular complexity index is 4000. The van der Waals surface area contributed by atoms with Crippen molar-refractivity contribution in [2.75, 3.05) is 39.6 Å². The maximum Gasteiger partial charge on any atom is 0.519 e. The fourth-order valence-electron chi connectivity index (χ4n) is 9.90. The van der Waals surface area contributed by atoms with Gasteiger partial charge in [0.1, 0.15) is 34.5 Å². The highest BCUT2D eigenvalue weighted by atomic mass is 16.7. The molecular formula is C83H66O11. The summed E-state index contributed by atoms with van der Waals surface area (Å²) in [6.45, 7) is 13.6. The summed E-state index contributed by atoms with van der Waals surface area (Å²) in [5.41, 5.74) is 10.2. The van der Waals surface area contributed by atoms with Gasteiger partial charge in [-0.25, -0.2) is 14.4 Å². The molecule has 10 aromatic rings. The lowest BCUT2D eigenvalue weighted by Gasteiger charge is -2.20. The van der Waals surface area contributed by atoms with E-state index >= 15 is 4.79 Å². The molecule has 10 rings (SSSR count). The fourth-order valence-corrected chi connectivity index (χ4v) is 9.90. The average molecular weight is 1240 g/mol. The van der Waals surface area contributed by atoms with Crippen molar-refractivity contribution in [3.8, 4) is 126 Å². The summed E-state index contributed by atoms with van der Waals surface area (Å²) in [5.74, 6) is 27.8. The maximum absolute atomic E-state index is 15.4. The molecular weight excluding hydrogens is 1170 g/mol. The Labute approximate surface area is 549 Å². The molecule has 0 aromatic heterocycles. The van der Waals surface area contributed by atoms with Crippen molar-refractivity contribution in [2.45, 2.75) is 41.5 Å². The second kappa shape index (κ2) is 32.0. The van der Waals surface area contributed by atoms with Crippen molar-refractivity contribution in [1.82, 2.24) is 0 Å². The molecule has 10 aromatic carbocycles. The minimum atomic E-state index is -1.14. The second-order valence-corrected chi connectivity index (χ2v) is 20.8. The van der Waals surface area contributed by atoms with Gasteiger partial charge in [0, 0.05) is 66.8 Å². The van der Waals surface area contributed by atoms with Crippen LogP contribution >= 0.6 is 0 Å². The van der Waals surface area contributed by atoms with Crippen molar-refractivity contribution >= 4 is 18.1 Å². The Kier molecular flexibility index (Phi) is 22.1. The molecule has 464 valence electrons. The molecule has 11 heteroatoms. The highest BCUT2D eigenvalue weighted by molar-refractivity contribution is 5.99. The van der Waals surface area contributed by atoms with Crippen LogP contribution in [0.4, 0.5) is 4.79 Å². The molecule has 0 radical (unpaired) electrons. The van der Waals surface area contributed by atoms with Gasteiger partial charge in [0.05, 0.1) is 50.8 Å². The zero-order chi connectivity index (χ0) is 65.6. The van der Waals surface area contributed by atoms with Crippen LogP contribution in [0.1, 0.15) is 107 Å². The van der Waals surface area contributed by atoms with Crippen LogP contribution in [0.25, 0.3) is 44.5 Å². The Hall–Kier alpha value is -12.2. The smallest absolute Gasteiger partial charge is 0.494 e. The lowest BCUT2D eigenvalue weighted by atomic mass is 9.93. The van der Waals surface area contributed by atoms with Crippen molar-refractivity contribution in [3.05, 3.63) is 274 Å². The third-order valence-corrected chi connectivity index (χ3v) is 14.4. The number of benzene rings is 10. The Morgan fingerprint density at radius 2 is 0.457 bits per heavy atom. The first kappa shape index (κ1) is 64.8. The molecule has 0 aliphatic carbocycles. The third-order valence-electron chi connectivity index (χ3n) is 14.4. The summed E-state index contributed by atoms with van der Waals surface area (Å²) in [7, 11) is 0. The molecule has 0 aliphatic heterocycles. The van der Waals surface area contributed by atoms with Crippen LogP contribution in [-0.2, 0) is 9.47 Å². The first-order valence-corrected chi connectivity index (χ1v) is 31.0. The van der Waals surface area contributed by atoms with Crippen molar-refractivity contribution < 1.29 is 52.3 Å². The molecule has 0 spiro atoms. The minimum absolute atomic E-state index is 0.0663. The molecule has 0 fully saturated rings. The van der Waals surface area contributed by atoms with Crippen LogP contribution in [0, 0.1) is 47.4 Å². The molecule has 0 unspecified atom stereocenters. The van der Waals surface area contributed by atoms with E-state index in [0.29, 0.717) is 93.2 Å². The van der Waals surface area contributed by atoms with Crippen molar-refractivity contribution in [3.63, 3.8) is 0 Å². The molecule has 0 aliphatic rings. The van der Waals surface area contributed by atoms with Gasteiger partial charge >= 0.3 is 18.1 Å². The number of ether oxygens (including phenoxy) is 8. The zero-order valence-electron chi connectivity index (χ0n) is 53.0. The van der Waals surface area contributed by atoms with Crippen molar-refractivity contribution in [1.29, 1.82) is 0 Å². The van der Waals surface area contributed by atoms with Gasteiger partial charge in [-0.15, -0.1) is 0 Å². The lowest BCUT2D eigenvalue weighted by molar-refractivity contribution is 0.0517. The zero-order valence-corrected chi connectivity index (χ0v) is 53.0. The molecule has 0 heterocycles. The van der Waals surface area contributed by atoms with E-state index in [1.54, 1.807) is 38.1 Å². The van der Waals surface area contributed by atoms with E-state index in [9.17, 15) is 9.59 Å². The summed E-state index contributed by atoms with van der Waals surface area (Å²) in [6, 6.07) is 66.3. The largest absolute Gasteiger partial charge is 0.519 e. The maximum atomic E-state index is 15.4.